The molecular weight excluding hydrogens is 140 g/mol. The number of aromatic nitrogens is 3. The number of rotatable bonds is 4. The van der Waals surface area contributed by atoms with Crippen LogP contribution >= 0.6 is 0 Å². The van der Waals surface area contributed by atoms with Gasteiger partial charge in [-0.1, -0.05) is 6.08 Å². The zero-order chi connectivity index (χ0) is 8.10. The molecule has 2 N–H and O–H groups in total. The lowest BCUT2D eigenvalue weighted by molar-refractivity contribution is 0.517. The molecule has 0 aliphatic heterocycles. The van der Waals surface area contributed by atoms with Crippen molar-refractivity contribution >= 4 is 5.82 Å². The van der Waals surface area contributed by atoms with Gasteiger partial charge in [0.05, 0.1) is 12.7 Å². The van der Waals surface area contributed by atoms with Gasteiger partial charge in [-0.25, -0.2) is 0 Å². The third-order valence-electron chi connectivity index (χ3n) is 1.32. The van der Waals surface area contributed by atoms with Crippen LogP contribution in [0.3, 0.4) is 0 Å². The summed E-state index contributed by atoms with van der Waals surface area (Å²) in [6, 6.07) is 0. The molecule has 0 unspecified atom stereocenters. The zero-order valence-electron chi connectivity index (χ0n) is 6.40. The first kappa shape index (κ1) is 7.78. The first-order valence-corrected chi connectivity index (χ1v) is 3.59. The summed E-state index contributed by atoms with van der Waals surface area (Å²) in [4.78, 5) is 1.60. The molecule has 0 aliphatic carbocycles. The number of allylic oxidation sites excluding steroid dienone is 1. The van der Waals surface area contributed by atoms with Crippen LogP contribution in [0.1, 0.15) is 12.8 Å². The van der Waals surface area contributed by atoms with Gasteiger partial charge in [-0.15, -0.1) is 11.7 Å². The maximum absolute atomic E-state index is 5.37. The second kappa shape index (κ2) is 3.75. The van der Waals surface area contributed by atoms with Crippen LogP contribution in [0.2, 0.25) is 0 Å². The van der Waals surface area contributed by atoms with Gasteiger partial charge in [-0.05, 0) is 12.8 Å². The fourth-order valence-electron chi connectivity index (χ4n) is 0.796. The van der Waals surface area contributed by atoms with E-state index in [9.17, 15) is 0 Å². The summed E-state index contributed by atoms with van der Waals surface area (Å²) in [5, 5.41) is 7.87. The van der Waals surface area contributed by atoms with Crippen molar-refractivity contribution in [1.82, 2.24) is 15.0 Å². The number of unbranched alkanes of at least 4 members (excludes halogenated alkanes) is 1. The highest BCUT2D eigenvalue weighted by molar-refractivity contribution is 5.19. The van der Waals surface area contributed by atoms with Crippen molar-refractivity contribution in [2.24, 2.45) is 0 Å². The monoisotopic (exact) mass is 152 g/mol. The molecule has 1 heterocycles. The van der Waals surface area contributed by atoms with Gasteiger partial charge in [-0.2, -0.15) is 9.90 Å². The Morgan fingerprint density at radius 1 is 1.73 bits per heavy atom. The molecule has 0 saturated carbocycles. The molecular formula is C7H12N4. The summed E-state index contributed by atoms with van der Waals surface area (Å²) in [6.45, 7) is 4.43. The van der Waals surface area contributed by atoms with E-state index in [4.69, 9.17) is 5.73 Å². The Labute approximate surface area is 65.7 Å². The summed E-state index contributed by atoms with van der Waals surface area (Å²) >= 11 is 0. The van der Waals surface area contributed by atoms with Gasteiger partial charge < -0.3 is 5.73 Å². The molecule has 0 aliphatic rings. The SMILES string of the molecule is C=CCCCn1ncc(N)n1. The number of aryl methyl sites for hydroxylation is 1. The molecule has 11 heavy (non-hydrogen) atoms. The summed E-state index contributed by atoms with van der Waals surface area (Å²) in [7, 11) is 0. The lowest BCUT2D eigenvalue weighted by atomic mass is 10.3. The predicted molar refractivity (Wildman–Crippen MR) is 43.9 cm³/mol. The summed E-state index contributed by atoms with van der Waals surface area (Å²) < 4.78 is 0. The van der Waals surface area contributed by atoms with Crippen molar-refractivity contribution in [1.29, 1.82) is 0 Å². The average Bonchev–Trinajstić information content (AvgIpc) is 2.37. The zero-order valence-corrected chi connectivity index (χ0v) is 6.40. The van der Waals surface area contributed by atoms with E-state index in [-0.39, 0.29) is 0 Å². The Kier molecular flexibility index (Phi) is 2.66. The van der Waals surface area contributed by atoms with E-state index in [1.165, 1.54) is 0 Å². The number of hydrogen-bond acceptors (Lipinski definition) is 3. The first-order valence-electron chi connectivity index (χ1n) is 3.59. The smallest absolute Gasteiger partial charge is 0.165 e. The molecule has 60 valence electrons. The predicted octanol–water partition coefficient (Wildman–Crippen LogP) is 0.827. The molecule has 0 amide bonds. The quantitative estimate of drug-likeness (QED) is 0.513. The molecule has 1 aromatic rings. The molecule has 0 saturated heterocycles. The van der Waals surface area contributed by atoms with Crippen LogP contribution in [0.4, 0.5) is 5.82 Å². The van der Waals surface area contributed by atoms with Gasteiger partial charge in [0.25, 0.3) is 0 Å². The van der Waals surface area contributed by atoms with Crippen molar-refractivity contribution in [2.75, 3.05) is 5.73 Å². The van der Waals surface area contributed by atoms with Crippen LogP contribution in [0, 0.1) is 0 Å². The Morgan fingerprint density at radius 3 is 3.09 bits per heavy atom. The molecule has 0 aromatic carbocycles. The third kappa shape index (κ3) is 2.41. The van der Waals surface area contributed by atoms with Gasteiger partial charge in [0.1, 0.15) is 0 Å². The third-order valence-corrected chi connectivity index (χ3v) is 1.32. The average molecular weight is 152 g/mol. The van der Waals surface area contributed by atoms with Gasteiger partial charge >= 0.3 is 0 Å². The molecule has 0 bridgehead atoms. The lowest BCUT2D eigenvalue weighted by Gasteiger charge is -1.94. The molecule has 0 radical (unpaired) electrons. The topological polar surface area (TPSA) is 56.7 Å². The van der Waals surface area contributed by atoms with Crippen molar-refractivity contribution < 1.29 is 0 Å². The van der Waals surface area contributed by atoms with Crippen LogP contribution in [-0.2, 0) is 6.54 Å². The highest BCUT2D eigenvalue weighted by Gasteiger charge is 1.93. The van der Waals surface area contributed by atoms with Crippen LogP contribution in [0.15, 0.2) is 18.9 Å². The van der Waals surface area contributed by atoms with E-state index in [2.05, 4.69) is 16.8 Å². The standard InChI is InChI=1S/C7H12N4/c1-2-3-4-5-11-9-6-7(8)10-11/h2,6H,1,3-5H2,(H2,8,10). The van der Waals surface area contributed by atoms with Gasteiger partial charge in [0.15, 0.2) is 5.82 Å². The minimum Gasteiger partial charge on any atom is -0.381 e. The van der Waals surface area contributed by atoms with Crippen LogP contribution < -0.4 is 5.73 Å². The maximum Gasteiger partial charge on any atom is 0.165 e. The van der Waals surface area contributed by atoms with E-state index in [1.54, 1.807) is 11.0 Å². The molecule has 4 heteroatoms. The Bertz CT molecular complexity index is 228. The van der Waals surface area contributed by atoms with Crippen LogP contribution in [0.25, 0.3) is 0 Å². The van der Waals surface area contributed by atoms with Crippen molar-refractivity contribution in [2.45, 2.75) is 19.4 Å². The second-order valence-corrected chi connectivity index (χ2v) is 2.30. The van der Waals surface area contributed by atoms with E-state index in [1.807, 2.05) is 6.08 Å². The maximum atomic E-state index is 5.37. The van der Waals surface area contributed by atoms with E-state index >= 15 is 0 Å². The Morgan fingerprint density at radius 2 is 2.55 bits per heavy atom. The first-order chi connectivity index (χ1) is 5.33. The Balaban J connectivity index is 2.32. The van der Waals surface area contributed by atoms with Crippen molar-refractivity contribution in [3.05, 3.63) is 18.9 Å². The minimum atomic E-state index is 0.476. The minimum absolute atomic E-state index is 0.476. The molecule has 0 spiro atoms. The fourth-order valence-corrected chi connectivity index (χ4v) is 0.796. The number of nitrogen functional groups attached to an aromatic ring is 1. The number of nitrogens with zero attached hydrogens (tertiary/aromatic N) is 3. The van der Waals surface area contributed by atoms with E-state index < -0.39 is 0 Å². The molecule has 1 rings (SSSR count). The molecule has 0 atom stereocenters. The molecule has 1 aromatic heterocycles. The van der Waals surface area contributed by atoms with Gasteiger partial charge in [-0.3, -0.25) is 0 Å². The van der Waals surface area contributed by atoms with Crippen LogP contribution in [-0.4, -0.2) is 15.0 Å². The number of nitrogens with two attached hydrogens (primary N) is 1. The summed E-state index contributed by atoms with van der Waals surface area (Å²) in [6.07, 6.45) is 5.43. The van der Waals surface area contributed by atoms with E-state index in [0.29, 0.717) is 5.82 Å². The summed E-state index contributed by atoms with van der Waals surface area (Å²) in [5.41, 5.74) is 5.37. The Hall–Kier alpha value is -1.32. The van der Waals surface area contributed by atoms with Crippen molar-refractivity contribution in [3.8, 4) is 0 Å². The van der Waals surface area contributed by atoms with Crippen LogP contribution in [0.5, 0.6) is 0 Å². The largest absolute Gasteiger partial charge is 0.381 e. The van der Waals surface area contributed by atoms with Gasteiger partial charge in [0, 0.05) is 0 Å². The summed E-state index contributed by atoms with van der Waals surface area (Å²) in [5.74, 6) is 0.476. The second-order valence-electron chi connectivity index (χ2n) is 2.30. The highest BCUT2D eigenvalue weighted by Crippen LogP contribution is 1.95. The van der Waals surface area contributed by atoms with E-state index in [0.717, 1.165) is 19.4 Å². The molecule has 4 nitrogen and oxygen atoms in total. The lowest BCUT2D eigenvalue weighted by Crippen LogP contribution is -2.02. The van der Waals surface area contributed by atoms with Gasteiger partial charge in [0.2, 0.25) is 0 Å². The fraction of sp³-hybridized carbons (Fsp3) is 0.429. The number of hydrogen-bond donors (Lipinski definition) is 1. The van der Waals surface area contributed by atoms with Crippen molar-refractivity contribution in [3.63, 3.8) is 0 Å². The highest BCUT2D eigenvalue weighted by atomic mass is 15.5. The molecule has 0 fully saturated rings. The normalized spacial score (nSPS) is 9.82. The number of anilines is 1.